The van der Waals surface area contributed by atoms with Gasteiger partial charge in [-0.05, 0) is 30.7 Å². The van der Waals surface area contributed by atoms with E-state index in [0.717, 1.165) is 21.0 Å². The van der Waals surface area contributed by atoms with Gasteiger partial charge in [0.25, 0.3) is 0 Å². The highest BCUT2D eigenvalue weighted by Gasteiger charge is 2.23. The van der Waals surface area contributed by atoms with Crippen LogP contribution in [-0.4, -0.2) is 42.2 Å². The van der Waals surface area contributed by atoms with E-state index >= 15 is 0 Å². The van der Waals surface area contributed by atoms with Crippen LogP contribution in [-0.2, 0) is 21.4 Å². The Morgan fingerprint density at radius 2 is 1.75 bits per heavy atom. The molecule has 0 aliphatic rings. The summed E-state index contributed by atoms with van der Waals surface area (Å²) in [5, 5.41) is 2.76. The van der Waals surface area contributed by atoms with Gasteiger partial charge >= 0.3 is 0 Å². The lowest BCUT2D eigenvalue weighted by Crippen LogP contribution is -2.38. The summed E-state index contributed by atoms with van der Waals surface area (Å²) in [5.74, 6) is 0.296. The van der Waals surface area contributed by atoms with Crippen LogP contribution in [0.2, 0.25) is 0 Å². The lowest BCUT2D eigenvalue weighted by Gasteiger charge is -2.17. The van der Waals surface area contributed by atoms with E-state index in [1.807, 2.05) is 61.5 Å². The summed E-state index contributed by atoms with van der Waals surface area (Å²) in [7, 11) is -2.45. The molecule has 0 spiro atoms. The number of nitrogens with one attached hydrogen (secondary N) is 2. The van der Waals surface area contributed by atoms with Gasteiger partial charge in [-0.25, -0.2) is 13.4 Å². The van der Waals surface area contributed by atoms with Crippen LogP contribution in [0.25, 0.3) is 22.4 Å². The van der Waals surface area contributed by atoms with Gasteiger partial charge in [-0.3, -0.25) is 4.79 Å². The molecule has 0 fully saturated rings. The monoisotopic (exact) mass is 448 g/mol. The molecule has 164 valence electrons. The van der Waals surface area contributed by atoms with Gasteiger partial charge in [0.2, 0.25) is 15.9 Å². The molecule has 0 bridgehead atoms. The SMILES string of the molecule is Cc1ccc(CNC(=O)CN(C)S(=O)(=O)c2ccc3nc(-c4ccccc4)[nH]c3c2)cc1. The van der Waals surface area contributed by atoms with Gasteiger partial charge in [0.15, 0.2) is 0 Å². The molecule has 7 nitrogen and oxygen atoms in total. The Bertz CT molecular complexity index is 1350. The quantitative estimate of drug-likeness (QED) is 0.453. The molecule has 0 radical (unpaired) electrons. The van der Waals surface area contributed by atoms with Crippen molar-refractivity contribution in [2.24, 2.45) is 0 Å². The first kappa shape index (κ1) is 21.7. The van der Waals surface area contributed by atoms with Gasteiger partial charge in [-0.1, -0.05) is 60.2 Å². The Kier molecular flexibility index (Phi) is 6.07. The molecule has 1 heterocycles. The molecule has 0 saturated heterocycles. The van der Waals surface area contributed by atoms with Crippen LogP contribution < -0.4 is 5.32 Å². The number of sulfonamides is 1. The lowest BCUT2D eigenvalue weighted by molar-refractivity contribution is -0.121. The maximum Gasteiger partial charge on any atom is 0.243 e. The van der Waals surface area contributed by atoms with Crippen LogP contribution in [0.5, 0.6) is 0 Å². The first-order chi connectivity index (χ1) is 15.3. The number of H-pyrrole nitrogens is 1. The molecular formula is C24H24N4O3S. The molecule has 3 aromatic carbocycles. The van der Waals surface area contributed by atoms with E-state index in [1.54, 1.807) is 12.1 Å². The number of imidazole rings is 1. The second kappa shape index (κ2) is 8.94. The van der Waals surface area contributed by atoms with Gasteiger partial charge < -0.3 is 10.3 Å². The fourth-order valence-electron chi connectivity index (χ4n) is 3.31. The van der Waals surface area contributed by atoms with Crippen molar-refractivity contribution < 1.29 is 13.2 Å². The van der Waals surface area contributed by atoms with E-state index in [0.29, 0.717) is 23.4 Å². The molecule has 4 aromatic rings. The van der Waals surface area contributed by atoms with Gasteiger partial charge in [-0.15, -0.1) is 0 Å². The summed E-state index contributed by atoms with van der Waals surface area (Å²) >= 11 is 0. The Balaban J connectivity index is 1.46. The summed E-state index contributed by atoms with van der Waals surface area (Å²) in [6.07, 6.45) is 0. The van der Waals surface area contributed by atoms with Crippen molar-refractivity contribution in [3.8, 4) is 11.4 Å². The number of rotatable bonds is 7. The van der Waals surface area contributed by atoms with E-state index in [2.05, 4.69) is 15.3 Å². The third-order valence-electron chi connectivity index (χ3n) is 5.19. The molecule has 1 aromatic heterocycles. The average Bonchev–Trinajstić information content (AvgIpc) is 3.23. The van der Waals surface area contributed by atoms with E-state index < -0.39 is 10.0 Å². The zero-order chi connectivity index (χ0) is 22.7. The highest BCUT2D eigenvalue weighted by Crippen LogP contribution is 2.24. The summed E-state index contributed by atoms with van der Waals surface area (Å²) in [6, 6.07) is 22.1. The summed E-state index contributed by atoms with van der Waals surface area (Å²) in [5.41, 5.74) is 4.28. The number of aryl methyl sites for hydroxylation is 1. The van der Waals surface area contributed by atoms with Crippen LogP contribution in [0.1, 0.15) is 11.1 Å². The third kappa shape index (κ3) is 4.71. The standard InChI is InChI=1S/C24H24N4O3S/c1-17-8-10-18(11-9-17)15-25-23(29)16-28(2)32(30,31)20-12-13-21-22(14-20)27-24(26-21)19-6-4-3-5-7-19/h3-14H,15-16H2,1-2H3,(H,25,29)(H,26,27). The molecule has 0 aliphatic heterocycles. The minimum absolute atomic E-state index is 0.0992. The van der Waals surface area contributed by atoms with Crippen LogP contribution in [0.4, 0.5) is 0 Å². The van der Waals surface area contributed by atoms with Crippen LogP contribution >= 0.6 is 0 Å². The summed E-state index contributed by atoms with van der Waals surface area (Å²) in [6.45, 7) is 2.06. The smallest absolute Gasteiger partial charge is 0.243 e. The topological polar surface area (TPSA) is 95.2 Å². The summed E-state index contributed by atoms with van der Waals surface area (Å²) in [4.78, 5) is 20.1. The summed E-state index contributed by atoms with van der Waals surface area (Å²) < 4.78 is 27.1. The van der Waals surface area contributed by atoms with Crippen LogP contribution in [0, 0.1) is 6.92 Å². The molecule has 0 saturated carbocycles. The largest absolute Gasteiger partial charge is 0.351 e. The number of carbonyl (C=O) groups is 1. The first-order valence-corrected chi connectivity index (χ1v) is 11.6. The van der Waals surface area contributed by atoms with Crippen molar-refractivity contribution in [2.75, 3.05) is 13.6 Å². The third-order valence-corrected chi connectivity index (χ3v) is 6.98. The first-order valence-electron chi connectivity index (χ1n) is 10.2. The number of carbonyl (C=O) groups excluding carboxylic acids is 1. The second-order valence-corrected chi connectivity index (χ2v) is 9.70. The van der Waals surface area contributed by atoms with Crippen molar-refractivity contribution in [3.63, 3.8) is 0 Å². The van der Waals surface area contributed by atoms with Gasteiger partial charge in [-0.2, -0.15) is 4.31 Å². The fraction of sp³-hybridized carbons (Fsp3) is 0.167. The molecule has 0 unspecified atom stereocenters. The highest BCUT2D eigenvalue weighted by molar-refractivity contribution is 7.89. The number of likely N-dealkylation sites (N-methyl/N-ethyl adjacent to an activating group) is 1. The minimum atomic E-state index is -3.84. The Morgan fingerprint density at radius 1 is 1.03 bits per heavy atom. The predicted molar refractivity (Wildman–Crippen MR) is 124 cm³/mol. The van der Waals surface area contributed by atoms with E-state index in [4.69, 9.17) is 0 Å². The molecule has 1 amide bonds. The number of aromatic nitrogens is 2. The number of hydrogen-bond donors (Lipinski definition) is 2. The second-order valence-electron chi connectivity index (χ2n) is 7.65. The molecule has 32 heavy (non-hydrogen) atoms. The molecule has 2 N–H and O–H groups in total. The molecule has 0 aliphatic carbocycles. The van der Waals surface area contributed by atoms with Crippen LogP contribution in [0.3, 0.4) is 0 Å². The zero-order valence-corrected chi connectivity index (χ0v) is 18.7. The molecule has 4 rings (SSSR count). The number of benzene rings is 3. The molecule has 8 heteroatoms. The highest BCUT2D eigenvalue weighted by atomic mass is 32.2. The number of nitrogens with zero attached hydrogens (tertiary/aromatic N) is 2. The molecular weight excluding hydrogens is 424 g/mol. The number of fused-ring (bicyclic) bond motifs is 1. The lowest BCUT2D eigenvalue weighted by atomic mass is 10.1. The minimum Gasteiger partial charge on any atom is -0.351 e. The zero-order valence-electron chi connectivity index (χ0n) is 17.9. The Morgan fingerprint density at radius 3 is 2.47 bits per heavy atom. The van der Waals surface area contributed by atoms with E-state index in [-0.39, 0.29) is 17.3 Å². The average molecular weight is 449 g/mol. The van der Waals surface area contributed by atoms with Crippen molar-refractivity contribution in [1.29, 1.82) is 0 Å². The van der Waals surface area contributed by atoms with Crippen molar-refractivity contribution in [2.45, 2.75) is 18.4 Å². The number of hydrogen-bond acceptors (Lipinski definition) is 4. The van der Waals surface area contributed by atoms with Crippen molar-refractivity contribution in [3.05, 3.63) is 83.9 Å². The number of aromatic amines is 1. The number of amides is 1. The fourth-order valence-corrected chi connectivity index (χ4v) is 4.47. The van der Waals surface area contributed by atoms with E-state index in [9.17, 15) is 13.2 Å². The Labute approximate surface area is 187 Å². The molecule has 0 atom stereocenters. The normalized spacial score (nSPS) is 11.7. The maximum atomic E-state index is 13.0. The van der Waals surface area contributed by atoms with Gasteiger partial charge in [0, 0.05) is 19.2 Å². The van der Waals surface area contributed by atoms with Gasteiger partial charge in [0.05, 0.1) is 22.5 Å². The van der Waals surface area contributed by atoms with Crippen LogP contribution in [0.15, 0.2) is 77.7 Å². The van der Waals surface area contributed by atoms with Crippen molar-refractivity contribution in [1.82, 2.24) is 19.6 Å². The maximum absolute atomic E-state index is 13.0. The van der Waals surface area contributed by atoms with Crippen molar-refractivity contribution >= 4 is 27.0 Å². The Hall–Kier alpha value is -3.49. The van der Waals surface area contributed by atoms with E-state index in [1.165, 1.54) is 13.1 Å². The predicted octanol–water partition coefficient (Wildman–Crippen LogP) is 3.48. The van der Waals surface area contributed by atoms with Gasteiger partial charge in [0.1, 0.15) is 5.82 Å².